The van der Waals surface area contributed by atoms with E-state index in [1.54, 1.807) is 12.1 Å². The van der Waals surface area contributed by atoms with Gasteiger partial charge in [-0.05, 0) is 56.5 Å². The molecule has 136 valence electrons. The largest absolute Gasteiger partial charge is 0.491 e. The fourth-order valence-electron chi connectivity index (χ4n) is 2.85. The minimum Gasteiger partial charge on any atom is -0.491 e. The second-order valence-electron chi connectivity index (χ2n) is 6.64. The van der Waals surface area contributed by atoms with E-state index in [2.05, 4.69) is 5.32 Å². The molecule has 26 heavy (non-hydrogen) atoms. The van der Waals surface area contributed by atoms with Crippen LogP contribution in [0.15, 0.2) is 45.6 Å². The molecular weight excluding hydrogens is 333 g/mol. The Balaban J connectivity index is 1.88. The molecule has 0 saturated carbocycles. The molecule has 1 aromatic heterocycles. The SMILES string of the molecule is Cc1ccc2c(CNc3ccc(OC(C)C)cc3F)cc(=O)oc2c1C. The van der Waals surface area contributed by atoms with Crippen LogP contribution in [0.5, 0.6) is 5.75 Å². The molecule has 0 unspecified atom stereocenters. The number of anilines is 1. The van der Waals surface area contributed by atoms with Crippen molar-refractivity contribution in [2.75, 3.05) is 5.32 Å². The maximum Gasteiger partial charge on any atom is 0.336 e. The van der Waals surface area contributed by atoms with Crippen LogP contribution in [0.2, 0.25) is 0 Å². The zero-order chi connectivity index (χ0) is 18.8. The molecule has 4 nitrogen and oxygen atoms in total. The van der Waals surface area contributed by atoms with E-state index in [-0.39, 0.29) is 6.10 Å². The van der Waals surface area contributed by atoms with Crippen molar-refractivity contribution in [2.45, 2.75) is 40.3 Å². The summed E-state index contributed by atoms with van der Waals surface area (Å²) in [6.07, 6.45) is -0.0187. The van der Waals surface area contributed by atoms with Gasteiger partial charge in [0, 0.05) is 24.1 Å². The summed E-state index contributed by atoms with van der Waals surface area (Å²) >= 11 is 0. The number of ether oxygens (including phenoxy) is 1. The van der Waals surface area contributed by atoms with Gasteiger partial charge in [0.25, 0.3) is 0 Å². The molecule has 0 spiro atoms. The van der Waals surface area contributed by atoms with Gasteiger partial charge in [0.2, 0.25) is 0 Å². The Morgan fingerprint density at radius 1 is 1.15 bits per heavy atom. The molecule has 3 aromatic rings. The van der Waals surface area contributed by atoms with Gasteiger partial charge < -0.3 is 14.5 Å². The maximum atomic E-state index is 14.3. The van der Waals surface area contributed by atoms with E-state index < -0.39 is 11.4 Å². The quantitative estimate of drug-likeness (QED) is 0.658. The van der Waals surface area contributed by atoms with E-state index in [0.29, 0.717) is 23.6 Å². The third kappa shape index (κ3) is 3.72. The van der Waals surface area contributed by atoms with Crippen molar-refractivity contribution in [3.05, 3.63) is 69.3 Å². The fourth-order valence-corrected chi connectivity index (χ4v) is 2.85. The van der Waals surface area contributed by atoms with Crippen molar-refractivity contribution in [2.24, 2.45) is 0 Å². The molecule has 1 N–H and O–H groups in total. The summed E-state index contributed by atoms with van der Waals surface area (Å²) in [7, 11) is 0. The van der Waals surface area contributed by atoms with Crippen LogP contribution < -0.4 is 15.7 Å². The van der Waals surface area contributed by atoms with E-state index in [0.717, 1.165) is 22.1 Å². The van der Waals surface area contributed by atoms with Crippen LogP contribution in [-0.4, -0.2) is 6.10 Å². The van der Waals surface area contributed by atoms with E-state index in [1.807, 2.05) is 39.8 Å². The highest BCUT2D eigenvalue weighted by molar-refractivity contribution is 5.84. The lowest BCUT2D eigenvalue weighted by molar-refractivity contribution is 0.241. The number of hydrogen-bond acceptors (Lipinski definition) is 4. The number of fused-ring (bicyclic) bond motifs is 1. The zero-order valence-electron chi connectivity index (χ0n) is 15.4. The Morgan fingerprint density at radius 2 is 1.92 bits per heavy atom. The minimum atomic E-state index is -0.413. The summed E-state index contributed by atoms with van der Waals surface area (Å²) < 4.78 is 25.1. The number of rotatable bonds is 5. The number of hydrogen-bond donors (Lipinski definition) is 1. The molecule has 1 heterocycles. The van der Waals surface area contributed by atoms with Gasteiger partial charge in [0.1, 0.15) is 17.1 Å². The molecule has 0 aliphatic heterocycles. The lowest BCUT2D eigenvalue weighted by atomic mass is 10.0. The van der Waals surface area contributed by atoms with E-state index in [4.69, 9.17) is 9.15 Å². The summed E-state index contributed by atoms with van der Waals surface area (Å²) in [4.78, 5) is 11.9. The standard InChI is InChI=1S/C21H22FNO3/c1-12(2)25-16-6-8-19(18(22)10-16)23-11-15-9-20(24)26-21-14(4)13(3)5-7-17(15)21/h5-10,12,23H,11H2,1-4H3. The lowest BCUT2D eigenvalue weighted by Crippen LogP contribution is -2.08. The lowest BCUT2D eigenvalue weighted by Gasteiger charge is -2.13. The average Bonchev–Trinajstić information content (AvgIpc) is 2.57. The predicted octanol–water partition coefficient (Wildman–Crippen LogP) is 4.95. The molecule has 0 amide bonds. The normalized spacial score (nSPS) is 11.2. The third-order valence-corrected chi connectivity index (χ3v) is 4.30. The summed E-state index contributed by atoms with van der Waals surface area (Å²) in [5.74, 6) is 0.0856. The van der Waals surface area contributed by atoms with Gasteiger partial charge in [-0.25, -0.2) is 9.18 Å². The molecule has 0 fully saturated rings. The van der Waals surface area contributed by atoms with E-state index in [9.17, 15) is 9.18 Å². The van der Waals surface area contributed by atoms with E-state index in [1.165, 1.54) is 12.1 Å². The molecule has 5 heteroatoms. The van der Waals surface area contributed by atoms with Gasteiger partial charge in [-0.2, -0.15) is 0 Å². The van der Waals surface area contributed by atoms with Crippen LogP contribution in [0, 0.1) is 19.7 Å². The van der Waals surface area contributed by atoms with Crippen molar-refractivity contribution in [3.8, 4) is 5.75 Å². The summed E-state index contributed by atoms with van der Waals surface area (Å²) in [6.45, 7) is 7.98. The Bertz CT molecular complexity index is 1010. The Morgan fingerprint density at radius 3 is 2.62 bits per heavy atom. The summed E-state index contributed by atoms with van der Waals surface area (Å²) in [5, 5.41) is 3.90. The van der Waals surface area contributed by atoms with Crippen LogP contribution >= 0.6 is 0 Å². The van der Waals surface area contributed by atoms with Crippen molar-refractivity contribution in [3.63, 3.8) is 0 Å². The number of halogens is 1. The predicted molar refractivity (Wildman–Crippen MR) is 101 cm³/mol. The molecule has 0 atom stereocenters. The molecule has 0 bridgehead atoms. The van der Waals surface area contributed by atoms with Gasteiger partial charge in [-0.3, -0.25) is 0 Å². The first-order valence-corrected chi connectivity index (χ1v) is 8.58. The van der Waals surface area contributed by atoms with Crippen LogP contribution in [0.3, 0.4) is 0 Å². The molecular formula is C21H22FNO3. The molecule has 2 aromatic carbocycles. The van der Waals surface area contributed by atoms with Crippen molar-refractivity contribution >= 4 is 16.7 Å². The van der Waals surface area contributed by atoms with Gasteiger partial charge in [-0.15, -0.1) is 0 Å². The average molecular weight is 355 g/mol. The Labute approximate surface area is 151 Å². The molecule has 0 radical (unpaired) electrons. The second kappa shape index (κ2) is 7.20. The van der Waals surface area contributed by atoms with Crippen LogP contribution in [0.1, 0.15) is 30.5 Å². The van der Waals surface area contributed by atoms with Crippen LogP contribution in [0.4, 0.5) is 10.1 Å². The molecule has 0 aliphatic rings. The molecule has 3 rings (SSSR count). The first-order valence-electron chi connectivity index (χ1n) is 8.58. The smallest absolute Gasteiger partial charge is 0.336 e. The Kier molecular flexibility index (Phi) is 4.98. The molecule has 0 saturated heterocycles. The highest BCUT2D eigenvalue weighted by Gasteiger charge is 2.11. The first-order chi connectivity index (χ1) is 12.3. The first kappa shape index (κ1) is 18.0. The Hall–Kier alpha value is -2.82. The monoisotopic (exact) mass is 355 g/mol. The van der Waals surface area contributed by atoms with Crippen LogP contribution in [-0.2, 0) is 6.54 Å². The highest BCUT2D eigenvalue weighted by atomic mass is 19.1. The minimum absolute atomic E-state index is 0.0187. The fraction of sp³-hybridized carbons (Fsp3) is 0.286. The van der Waals surface area contributed by atoms with Crippen molar-refractivity contribution in [1.82, 2.24) is 0 Å². The number of benzene rings is 2. The van der Waals surface area contributed by atoms with Gasteiger partial charge in [0.05, 0.1) is 11.8 Å². The number of aryl methyl sites for hydroxylation is 2. The van der Waals surface area contributed by atoms with Crippen molar-refractivity contribution < 1.29 is 13.5 Å². The topological polar surface area (TPSA) is 51.5 Å². The van der Waals surface area contributed by atoms with Gasteiger partial charge in [0.15, 0.2) is 0 Å². The summed E-state index contributed by atoms with van der Waals surface area (Å²) in [6, 6.07) is 10.1. The third-order valence-electron chi connectivity index (χ3n) is 4.30. The van der Waals surface area contributed by atoms with Gasteiger partial charge in [-0.1, -0.05) is 12.1 Å². The van der Waals surface area contributed by atoms with Crippen molar-refractivity contribution in [1.29, 1.82) is 0 Å². The summed E-state index contributed by atoms with van der Waals surface area (Å²) in [5.41, 5.74) is 3.27. The van der Waals surface area contributed by atoms with Crippen LogP contribution in [0.25, 0.3) is 11.0 Å². The number of nitrogens with one attached hydrogen (secondary N) is 1. The van der Waals surface area contributed by atoms with Gasteiger partial charge >= 0.3 is 5.63 Å². The maximum absolute atomic E-state index is 14.3. The second-order valence-corrected chi connectivity index (χ2v) is 6.64. The zero-order valence-corrected chi connectivity index (χ0v) is 15.4. The van der Waals surface area contributed by atoms with E-state index >= 15 is 0 Å². The molecule has 0 aliphatic carbocycles. The highest BCUT2D eigenvalue weighted by Crippen LogP contribution is 2.25.